The zero-order chi connectivity index (χ0) is 20.6. The van der Waals surface area contributed by atoms with E-state index in [0.717, 1.165) is 37.6 Å². The van der Waals surface area contributed by atoms with Crippen LogP contribution < -0.4 is 15.0 Å². The fourth-order valence-electron chi connectivity index (χ4n) is 3.13. The molecule has 0 spiro atoms. The lowest BCUT2D eigenvalue weighted by atomic mass is 10.1. The van der Waals surface area contributed by atoms with Crippen LogP contribution in [0, 0.1) is 0 Å². The van der Waals surface area contributed by atoms with Gasteiger partial charge in [-0.2, -0.15) is 8.78 Å². The van der Waals surface area contributed by atoms with Gasteiger partial charge in [-0.1, -0.05) is 23.7 Å². The summed E-state index contributed by atoms with van der Waals surface area (Å²) < 4.78 is 28.6. The van der Waals surface area contributed by atoms with E-state index in [1.54, 1.807) is 18.3 Å². The Morgan fingerprint density at radius 2 is 1.86 bits per heavy atom. The minimum atomic E-state index is -2.83. The van der Waals surface area contributed by atoms with Crippen LogP contribution >= 0.6 is 11.6 Å². The van der Waals surface area contributed by atoms with Crippen molar-refractivity contribution in [1.29, 1.82) is 0 Å². The van der Waals surface area contributed by atoms with Gasteiger partial charge in [-0.05, 0) is 36.2 Å². The molecule has 1 aliphatic rings. The van der Waals surface area contributed by atoms with E-state index in [0.29, 0.717) is 24.5 Å². The molecular formula is C20H23ClF2N4O2. The number of ether oxygens (including phenoxy) is 1. The molecule has 0 radical (unpaired) electrons. The Kier molecular flexibility index (Phi) is 7.60. The molecule has 1 aliphatic heterocycles. The summed E-state index contributed by atoms with van der Waals surface area (Å²) in [5.41, 5.74) is 0.941. The summed E-state index contributed by atoms with van der Waals surface area (Å²) in [4.78, 5) is 20.8. The highest BCUT2D eigenvalue weighted by atomic mass is 35.5. The average molecular weight is 425 g/mol. The van der Waals surface area contributed by atoms with E-state index >= 15 is 0 Å². The molecule has 1 amide bonds. The van der Waals surface area contributed by atoms with Gasteiger partial charge < -0.3 is 15.0 Å². The Bertz CT molecular complexity index is 782. The van der Waals surface area contributed by atoms with Gasteiger partial charge in [-0.3, -0.25) is 9.69 Å². The van der Waals surface area contributed by atoms with Gasteiger partial charge in [0.05, 0.1) is 11.6 Å². The van der Waals surface area contributed by atoms with E-state index < -0.39 is 6.61 Å². The lowest BCUT2D eigenvalue weighted by Gasteiger charge is -2.35. The topological polar surface area (TPSA) is 57.7 Å². The van der Waals surface area contributed by atoms with Crippen LogP contribution in [0.1, 0.15) is 5.56 Å². The Morgan fingerprint density at radius 3 is 2.48 bits per heavy atom. The average Bonchev–Trinajstić information content (AvgIpc) is 2.70. The van der Waals surface area contributed by atoms with Crippen molar-refractivity contribution in [3.05, 3.63) is 53.2 Å². The molecule has 1 saturated heterocycles. The van der Waals surface area contributed by atoms with Crippen molar-refractivity contribution in [3.63, 3.8) is 0 Å². The minimum Gasteiger partial charge on any atom is -0.435 e. The van der Waals surface area contributed by atoms with Gasteiger partial charge in [0.25, 0.3) is 0 Å². The number of alkyl halides is 2. The van der Waals surface area contributed by atoms with Gasteiger partial charge in [0, 0.05) is 38.9 Å². The molecule has 29 heavy (non-hydrogen) atoms. The Hall–Kier alpha value is -2.45. The van der Waals surface area contributed by atoms with Gasteiger partial charge in [-0.25, -0.2) is 4.98 Å². The Morgan fingerprint density at radius 1 is 1.14 bits per heavy atom. The largest absolute Gasteiger partial charge is 0.435 e. The summed E-state index contributed by atoms with van der Waals surface area (Å²) in [5, 5.41) is 3.51. The van der Waals surface area contributed by atoms with Crippen molar-refractivity contribution in [2.75, 3.05) is 44.2 Å². The van der Waals surface area contributed by atoms with Gasteiger partial charge in [0.1, 0.15) is 11.6 Å². The number of halogens is 3. The first kappa shape index (κ1) is 21.3. The van der Waals surface area contributed by atoms with Crippen molar-refractivity contribution in [2.24, 2.45) is 0 Å². The third-order valence-electron chi connectivity index (χ3n) is 4.66. The number of carbonyl (C=O) groups excluding carboxylic acids is 1. The van der Waals surface area contributed by atoms with Crippen LogP contribution in [0.4, 0.5) is 14.6 Å². The van der Waals surface area contributed by atoms with E-state index in [4.69, 9.17) is 11.6 Å². The van der Waals surface area contributed by atoms with E-state index in [1.807, 2.05) is 12.1 Å². The number of carbonyl (C=O) groups is 1. The number of hydrogen-bond acceptors (Lipinski definition) is 5. The van der Waals surface area contributed by atoms with Crippen molar-refractivity contribution < 1.29 is 18.3 Å². The smallest absolute Gasteiger partial charge is 0.387 e. The molecule has 1 fully saturated rings. The van der Waals surface area contributed by atoms with Crippen molar-refractivity contribution in [2.45, 2.75) is 13.0 Å². The summed E-state index contributed by atoms with van der Waals surface area (Å²) in [6, 6.07) is 10.2. The first-order chi connectivity index (χ1) is 14.0. The van der Waals surface area contributed by atoms with Crippen LogP contribution in [-0.4, -0.2) is 61.7 Å². The lowest BCUT2D eigenvalue weighted by molar-refractivity contribution is -0.122. The Labute approximate surface area is 173 Å². The van der Waals surface area contributed by atoms with Gasteiger partial charge in [0.2, 0.25) is 5.91 Å². The summed E-state index contributed by atoms with van der Waals surface area (Å²) in [6.07, 6.45) is 2.26. The zero-order valence-corrected chi connectivity index (χ0v) is 16.6. The van der Waals surface area contributed by atoms with E-state index in [1.165, 1.54) is 12.1 Å². The third kappa shape index (κ3) is 6.83. The maximum Gasteiger partial charge on any atom is 0.387 e. The second-order valence-electron chi connectivity index (χ2n) is 6.72. The zero-order valence-electron chi connectivity index (χ0n) is 15.9. The number of benzene rings is 1. The van der Waals surface area contributed by atoms with Crippen LogP contribution in [0.5, 0.6) is 5.75 Å². The maximum absolute atomic E-state index is 12.2. The molecule has 2 heterocycles. The molecule has 3 rings (SSSR count). The molecule has 2 aromatic rings. The normalized spacial score (nSPS) is 14.8. The molecule has 1 aromatic heterocycles. The molecular weight excluding hydrogens is 402 g/mol. The minimum absolute atomic E-state index is 0.0271. The first-order valence-corrected chi connectivity index (χ1v) is 9.77. The quantitative estimate of drug-likeness (QED) is 0.706. The van der Waals surface area contributed by atoms with Crippen molar-refractivity contribution in [3.8, 4) is 5.75 Å². The molecule has 1 aromatic carbocycles. The number of amides is 1. The standard InChI is InChI=1S/C20H23ClF2N4O2/c21-16-3-6-18(25-13-16)27-11-9-26(10-12-27)14-19(28)24-8-7-15-1-4-17(5-2-15)29-20(22)23/h1-6,13,20H,7-12,14H2,(H,24,28). The molecule has 0 atom stereocenters. The molecule has 0 saturated carbocycles. The lowest BCUT2D eigenvalue weighted by Crippen LogP contribution is -2.49. The highest BCUT2D eigenvalue weighted by Crippen LogP contribution is 2.16. The number of rotatable bonds is 8. The second kappa shape index (κ2) is 10.4. The Balaban J connectivity index is 1.34. The number of aromatic nitrogens is 1. The fraction of sp³-hybridized carbons (Fsp3) is 0.400. The summed E-state index contributed by atoms with van der Waals surface area (Å²) in [5.74, 6) is 0.991. The number of anilines is 1. The van der Waals surface area contributed by atoms with Crippen LogP contribution in [-0.2, 0) is 11.2 Å². The van der Waals surface area contributed by atoms with Crippen LogP contribution in [0.2, 0.25) is 5.02 Å². The monoisotopic (exact) mass is 424 g/mol. The van der Waals surface area contributed by atoms with E-state index in [9.17, 15) is 13.6 Å². The predicted molar refractivity (Wildman–Crippen MR) is 108 cm³/mol. The SMILES string of the molecule is O=C(CN1CCN(c2ccc(Cl)cn2)CC1)NCCc1ccc(OC(F)F)cc1. The van der Waals surface area contributed by atoms with Crippen LogP contribution in [0.15, 0.2) is 42.6 Å². The van der Waals surface area contributed by atoms with E-state index in [-0.39, 0.29) is 11.7 Å². The highest BCUT2D eigenvalue weighted by Gasteiger charge is 2.19. The number of hydrogen-bond donors (Lipinski definition) is 1. The van der Waals surface area contributed by atoms with E-state index in [2.05, 4.69) is 24.8 Å². The van der Waals surface area contributed by atoms with Gasteiger partial charge in [-0.15, -0.1) is 0 Å². The summed E-state index contributed by atoms with van der Waals surface area (Å²) in [7, 11) is 0. The highest BCUT2D eigenvalue weighted by molar-refractivity contribution is 6.30. The van der Waals surface area contributed by atoms with Crippen molar-refractivity contribution in [1.82, 2.24) is 15.2 Å². The fourth-order valence-corrected chi connectivity index (χ4v) is 3.24. The van der Waals surface area contributed by atoms with Crippen LogP contribution in [0.25, 0.3) is 0 Å². The molecule has 1 N–H and O–H groups in total. The molecule has 9 heteroatoms. The summed E-state index contributed by atoms with van der Waals surface area (Å²) >= 11 is 5.87. The molecule has 156 valence electrons. The first-order valence-electron chi connectivity index (χ1n) is 9.39. The number of pyridine rings is 1. The molecule has 0 bridgehead atoms. The van der Waals surface area contributed by atoms with Gasteiger partial charge >= 0.3 is 6.61 Å². The molecule has 0 unspecified atom stereocenters. The maximum atomic E-state index is 12.2. The summed E-state index contributed by atoms with van der Waals surface area (Å²) in [6.45, 7) is 1.17. The van der Waals surface area contributed by atoms with Gasteiger partial charge in [0.15, 0.2) is 0 Å². The molecule has 6 nitrogen and oxygen atoms in total. The second-order valence-corrected chi connectivity index (χ2v) is 7.16. The predicted octanol–water partition coefficient (Wildman–Crippen LogP) is 2.82. The van der Waals surface area contributed by atoms with Crippen molar-refractivity contribution >= 4 is 23.3 Å². The number of piperazine rings is 1. The molecule has 0 aliphatic carbocycles. The number of nitrogens with one attached hydrogen (secondary N) is 1. The number of nitrogens with zero attached hydrogens (tertiary/aromatic N) is 3. The van der Waals surface area contributed by atoms with Crippen LogP contribution in [0.3, 0.4) is 0 Å². The third-order valence-corrected chi connectivity index (χ3v) is 4.88.